The van der Waals surface area contributed by atoms with Gasteiger partial charge in [-0.25, -0.2) is 9.97 Å². The number of aromatic nitrogens is 4. The Bertz CT molecular complexity index is 4460. The molecular weight excluding hydrogens is 909 g/mol. The third-order valence-corrected chi connectivity index (χ3v) is 15.4. The molecule has 3 aromatic heterocycles. The van der Waals surface area contributed by atoms with Crippen LogP contribution in [0.25, 0.3) is 133 Å². The summed E-state index contributed by atoms with van der Waals surface area (Å²) in [5, 5.41) is 4.79. The number of fused-ring (bicyclic) bond motifs is 10. The molecule has 4 nitrogen and oxygen atoms in total. The summed E-state index contributed by atoms with van der Waals surface area (Å²) >= 11 is 0. The van der Waals surface area contributed by atoms with Crippen LogP contribution in [-0.4, -0.2) is 19.1 Å². The quantitative estimate of drug-likeness (QED) is 0.152. The van der Waals surface area contributed by atoms with Crippen LogP contribution < -0.4 is 0 Å². The number of nitrogens with zero attached hydrogens (tertiary/aromatic N) is 4. The molecule has 75 heavy (non-hydrogen) atoms. The summed E-state index contributed by atoms with van der Waals surface area (Å²) in [5.41, 5.74) is 23.7. The third kappa shape index (κ3) is 7.06. The van der Waals surface area contributed by atoms with Crippen LogP contribution in [0.4, 0.5) is 0 Å². The summed E-state index contributed by atoms with van der Waals surface area (Å²) in [7, 11) is 0. The van der Waals surface area contributed by atoms with Crippen molar-refractivity contribution in [3.8, 4) is 89.8 Å². The van der Waals surface area contributed by atoms with Crippen LogP contribution in [0.15, 0.2) is 267 Å². The Morgan fingerprint density at radius 1 is 0.280 bits per heavy atom. The van der Waals surface area contributed by atoms with Crippen LogP contribution in [0, 0.1) is 0 Å². The van der Waals surface area contributed by atoms with Crippen molar-refractivity contribution in [1.82, 2.24) is 19.1 Å². The highest BCUT2D eigenvalue weighted by Gasteiger charge is 2.28. The molecule has 1 aliphatic carbocycles. The van der Waals surface area contributed by atoms with E-state index in [1.807, 2.05) is 24.3 Å². The lowest BCUT2D eigenvalue weighted by Gasteiger charge is -2.15. The Morgan fingerprint density at radius 3 is 1.29 bits per heavy atom. The van der Waals surface area contributed by atoms with Gasteiger partial charge in [0.05, 0.1) is 27.8 Å². The summed E-state index contributed by atoms with van der Waals surface area (Å²) in [6, 6.07) is 96.7. The molecule has 0 fully saturated rings. The summed E-state index contributed by atoms with van der Waals surface area (Å²) < 4.78 is 4.81. The molecule has 14 aromatic rings. The maximum absolute atomic E-state index is 5.35. The molecule has 0 unspecified atom stereocenters. The van der Waals surface area contributed by atoms with Crippen LogP contribution >= 0.6 is 0 Å². The number of hydrogen-bond donors (Lipinski definition) is 0. The fraction of sp³-hybridized carbons (Fsp3) is 0.0141. The minimum absolute atomic E-state index is 0.688. The van der Waals surface area contributed by atoms with Gasteiger partial charge in [-0.3, -0.25) is 4.57 Å². The summed E-state index contributed by atoms with van der Waals surface area (Å²) in [6.45, 7) is 0. The van der Waals surface area contributed by atoms with Gasteiger partial charge in [0.2, 0.25) is 0 Å². The van der Waals surface area contributed by atoms with Crippen molar-refractivity contribution in [2.24, 2.45) is 0 Å². The molecule has 0 amide bonds. The van der Waals surface area contributed by atoms with E-state index in [4.69, 9.17) is 9.97 Å². The van der Waals surface area contributed by atoms with E-state index >= 15 is 0 Å². The van der Waals surface area contributed by atoms with E-state index in [2.05, 4.69) is 252 Å². The highest BCUT2D eigenvalue weighted by molar-refractivity contribution is 6.29. The van der Waals surface area contributed by atoms with Gasteiger partial charge in [-0.05, 0) is 134 Å². The molecule has 4 heteroatoms. The first-order valence-electron chi connectivity index (χ1n) is 25.8. The van der Waals surface area contributed by atoms with Crippen molar-refractivity contribution < 1.29 is 0 Å². The first-order valence-corrected chi connectivity index (χ1v) is 25.8. The number of hydrogen-bond acceptors (Lipinski definition) is 2. The second kappa shape index (κ2) is 17.4. The van der Waals surface area contributed by atoms with E-state index in [0.29, 0.717) is 5.82 Å². The number of benzene rings is 11. The maximum atomic E-state index is 5.35. The first-order chi connectivity index (χ1) is 37.2. The van der Waals surface area contributed by atoms with Crippen LogP contribution in [0.2, 0.25) is 0 Å². The molecule has 0 saturated heterocycles. The summed E-state index contributed by atoms with van der Waals surface area (Å²) in [6.07, 6.45) is 0.835. The second-order valence-corrected chi connectivity index (χ2v) is 19.7. The fourth-order valence-corrected chi connectivity index (χ4v) is 12.0. The Morgan fingerprint density at radius 2 is 0.720 bits per heavy atom. The Kier molecular flexibility index (Phi) is 9.92. The smallest absolute Gasteiger partial charge is 0.162 e. The van der Waals surface area contributed by atoms with Gasteiger partial charge in [0.1, 0.15) is 5.82 Å². The summed E-state index contributed by atoms with van der Waals surface area (Å²) in [4.78, 5) is 10.5. The van der Waals surface area contributed by atoms with Crippen molar-refractivity contribution in [2.75, 3.05) is 0 Å². The van der Waals surface area contributed by atoms with Gasteiger partial charge in [0, 0.05) is 44.4 Å². The van der Waals surface area contributed by atoms with Gasteiger partial charge in [-0.1, -0.05) is 200 Å². The standard InChI is InChI=1S/C71H46N4/c1-6-21-46(22-7-1)52-40-57(48-25-10-3-11-26-48)61-44-62-58(41-53(43-60(62)59(61)42-52)47-23-8-2-9-24-47)51-31-20-32-54(39-51)74-64-35-18-16-33-55(64)69-66(74)37-38-67-70(69)56-34-17-19-36-65(56)75(67)68-45-63(49-27-12-4-13-28-49)72-71(73-68)50-29-14-5-15-30-50/h1-43,45H,44H2. The lowest BCUT2D eigenvalue weighted by atomic mass is 9.90. The normalized spacial score (nSPS) is 11.9. The SMILES string of the molecule is c1ccc(-c2cc(-c3ccccc3)c3c(c2)-c2cc(-c4ccccc4)cc(-c4cccc(-n5c6ccccc6c6c7c8ccccc8n(-c8cc(-c9ccccc9)nc(-c9ccccc9)n8)c7ccc65)c4)c2C3)cc1. The largest absolute Gasteiger partial charge is 0.309 e. The van der Waals surface area contributed by atoms with Gasteiger partial charge in [-0.2, -0.15) is 0 Å². The van der Waals surface area contributed by atoms with E-state index in [1.165, 1.54) is 88.3 Å². The molecule has 11 aromatic carbocycles. The van der Waals surface area contributed by atoms with E-state index in [9.17, 15) is 0 Å². The minimum atomic E-state index is 0.688. The second-order valence-electron chi connectivity index (χ2n) is 19.7. The zero-order valence-corrected chi connectivity index (χ0v) is 40.9. The number of para-hydroxylation sites is 2. The predicted octanol–water partition coefficient (Wildman–Crippen LogP) is 18.2. The Hall–Kier alpha value is -9.90. The van der Waals surface area contributed by atoms with Gasteiger partial charge < -0.3 is 4.57 Å². The lowest BCUT2D eigenvalue weighted by Crippen LogP contribution is -2.02. The molecule has 0 aliphatic heterocycles. The van der Waals surface area contributed by atoms with E-state index in [0.717, 1.165) is 56.8 Å². The molecule has 3 heterocycles. The molecule has 1 aliphatic rings. The van der Waals surface area contributed by atoms with Crippen LogP contribution in [0.1, 0.15) is 11.1 Å². The molecule has 0 N–H and O–H groups in total. The molecule has 0 bridgehead atoms. The molecule has 0 radical (unpaired) electrons. The van der Waals surface area contributed by atoms with Crippen molar-refractivity contribution in [3.05, 3.63) is 278 Å². The molecule has 0 spiro atoms. The minimum Gasteiger partial charge on any atom is -0.309 e. The van der Waals surface area contributed by atoms with Gasteiger partial charge in [0.25, 0.3) is 0 Å². The van der Waals surface area contributed by atoms with Crippen molar-refractivity contribution in [1.29, 1.82) is 0 Å². The maximum Gasteiger partial charge on any atom is 0.162 e. The molecule has 0 atom stereocenters. The lowest BCUT2D eigenvalue weighted by molar-refractivity contribution is 1.05. The van der Waals surface area contributed by atoms with E-state index < -0.39 is 0 Å². The molecule has 0 saturated carbocycles. The van der Waals surface area contributed by atoms with Crippen molar-refractivity contribution in [3.63, 3.8) is 0 Å². The van der Waals surface area contributed by atoms with E-state index in [-0.39, 0.29) is 0 Å². The molecule has 15 rings (SSSR count). The predicted molar refractivity (Wildman–Crippen MR) is 312 cm³/mol. The zero-order chi connectivity index (χ0) is 49.4. The third-order valence-electron chi connectivity index (χ3n) is 15.4. The van der Waals surface area contributed by atoms with Crippen LogP contribution in [0.3, 0.4) is 0 Å². The van der Waals surface area contributed by atoms with Crippen LogP contribution in [-0.2, 0) is 6.42 Å². The average molecular weight is 955 g/mol. The fourth-order valence-electron chi connectivity index (χ4n) is 12.0. The topological polar surface area (TPSA) is 35.6 Å². The van der Waals surface area contributed by atoms with Gasteiger partial charge in [0.15, 0.2) is 5.82 Å². The van der Waals surface area contributed by atoms with Crippen molar-refractivity contribution in [2.45, 2.75) is 6.42 Å². The van der Waals surface area contributed by atoms with E-state index in [1.54, 1.807) is 0 Å². The van der Waals surface area contributed by atoms with Crippen molar-refractivity contribution >= 4 is 43.6 Å². The first kappa shape index (κ1) is 42.8. The Labute approximate surface area is 434 Å². The monoisotopic (exact) mass is 954 g/mol. The number of rotatable bonds is 8. The average Bonchev–Trinajstić information content (AvgIpc) is 4.25. The Balaban J connectivity index is 0.939. The van der Waals surface area contributed by atoms with Crippen LogP contribution in [0.5, 0.6) is 0 Å². The zero-order valence-electron chi connectivity index (χ0n) is 40.9. The molecule has 350 valence electrons. The molecular formula is C71H46N4. The highest BCUT2D eigenvalue weighted by Crippen LogP contribution is 2.50. The highest BCUT2D eigenvalue weighted by atomic mass is 15.1. The van der Waals surface area contributed by atoms with Gasteiger partial charge in [-0.15, -0.1) is 0 Å². The van der Waals surface area contributed by atoms with Gasteiger partial charge >= 0.3 is 0 Å². The summed E-state index contributed by atoms with van der Waals surface area (Å²) in [5.74, 6) is 1.51.